The highest BCUT2D eigenvalue weighted by atomic mass is 16.7. The van der Waals surface area contributed by atoms with Gasteiger partial charge in [-0.25, -0.2) is 0 Å². The fourth-order valence-corrected chi connectivity index (χ4v) is 4.89. The summed E-state index contributed by atoms with van der Waals surface area (Å²) in [5.74, 6) is -0.606. The molecule has 2 aliphatic heterocycles. The van der Waals surface area contributed by atoms with E-state index in [4.69, 9.17) is 18.9 Å². The van der Waals surface area contributed by atoms with Crippen LogP contribution in [-0.4, -0.2) is 54.5 Å². The molecule has 2 aliphatic rings. The molecule has 2 fully saturated rings. The number of aliphatic hydroxyl groups is 1. The van der Waals surface area contributed by atoms with Gasteiger partial charge in [0.2, 0.25) is 0 Å². The van der Waals surface area contributed by atoms with Crippen molar-refractivity contribution in [3.8, 4) is 0 Å². The molecule has 0 aromatic heterocycles. The fourth-order valence-electron chi connectivity index (χ4n) is 4.89. The number of rotatable bonds is 11. The van der Waals surface area contributed by atoms with Crippen molar-refractivity contribution in [3.63, 3.8) is 0 Å². The van der Waals surface area contributed by atoms with Crippen molar-refractivity contribution >= 4 is 5.78 Å². The highest BCUT2D eigenvalue weighted by Gasteiger charge is 2.46. The molecule has 2 rings (SSSR count). The molecular formula is C26H50O6. The van der Waals surface area contributed by atoms with Crippen LogP contribution < -0.4 is 0 Å². The normalized spacial score (nSPS) is 27.6. The van der Waals surface area contributed by atoms with Crippen molar-refractivity contribution in [2.75, 3.05) is 13.2 Å². The van der Waals surface area contributed by atoms with Gasteiger partial charge < -0.3 is 24.1 Å². The van der Waals surface area contributed by atoms with Gasteiger partial charge in [0.15, 0.2) is 12.1 Å². The van der Waals surface area contributed by atoms with Crippen LogP contribution in [0.3, 0.4) is 0 Å². The van der Waals surface area contributed by atoms with E-state index in [0.29, 0.717) is 19.6 Å². The van der Waals surface area contributed by atoms with Crippen molar-refractivity contribution in [3.05, 3.63) is 0 Å². The Morgan fingerprint density at radius 2 is 1.81 bits per heavy atom. The van der Waals surface area contributed by atoms with Gasteiger partial charge in [0.05, 0.1) is 30.3 Å². The van der Waals surface area contributed by atoms with E-state index in [1.54, 1.807) is 0 Å². The SMILES string of the molecule is C.CC(O)CCC[C@H](C)C(OC1CCCCO1)[C@@H](C)C(=O)C(C)(C)[C@@H]1CCOC(C)(C)O1. The first kappa shape index (κ1) is 29.5. The number of aliphatic hydroxyl groups excluding tert-OH is 1. The smallest absolute Gasteiger partial charge is 0.163 e. The van der Waals surface area contributed by atoms with Gasteiger partial charge >= 0.3 is 0 Å². The molecule has 6 atom stereocenters. The zero-order valence-electron chi connectivity index (χ0n) is 20.8. The van der Waals surface area contributed by atoms with Gasteiger partial charge in [-0.2, -0.15) is 0 Å². The van der Waals surface area contributed by atoms with E-state index in [1.807, 2.05) is 41.5 Å². The van der Waals surface area contributed by atoms with Crippen molar-refractivity contribution in [1.82, 2.24) is 0 Å². The molecular weight excluding hydrogens is 408 g/mol. The summed E-state index contributed by atoms with van der Waals surface area (Å²) in [4.78, 5) is 13.8. The monoisotopic (exact) mass is 458 g/mol. The van der Waals surface area contributed by atoms with Gasteiger partial charge in [0.25, 0.3) is 0 Å². The Bertz CT molecular complexity index is 553. The third-order valence-corrected chi connectivity index (χ3v) is 6.89. The summed E-state index contributed by atoms with van der Waals surface area (Å²) in [5.41, 5.74) is -0.644. The molecule has 0 aromatic rings. The molecule has 2 saturated heterocycles. The van der Waals surface area contributed by atoms with Crippen LogP contribution in [0, 0.1) is 17.3 Å². The zero-order chi connectivity index (χ0) is 23.2. The van der Waals surface area contributed by atoms with Crippen LogP contribution in [0.25, 0.3) is 0 Å². The summed E-state index contributed by atoms with van der Waals surface area (Å²) < 4.78 is 24.1. The average molecular weight is 459 g/mol. The Kier molecular flexibility index (Phi) is 11.8. The summed E-state index contributed by atoms with van der Waals surface area (Å²) in [6, 6.07) is 0. The van der Waals surface area contributed by atoms with Gasteiger partial charge in [-0.3, -0.25) is 4.79 Å². The molecule has 2 heterocycles. The van der Waals surface area contributed by atoms with E-state index in [2.05, 4.69) is 6.92 Å². The Morgan fingerprint density at radius 3 is 2.38 bits per heavy atom. The highest BCUT2D eigenvalue weighted by molar-refractivity contribution is 5.87. The molecule has 0 spiro atoms. The van der Waals surface area contributed by atoms with Crippen LogP contribution in [0.4, 0.5) is 0 Å². The predicted octanol–water partition coefficient (Wildman–Crippen LogP) is 5.49. The molecule has 0 aromatic carbocycles. The predicted molar refractivity (Wildman–Crippen MR) is 127 cm³/mol. The Balaban J connectivity index is 0.00000512. The van der Waals surface area contributed by atoms with E-state index in [1.165, 1.54) is 0 Å². The Morgan fingerprint density at radius 1 is 1.12 bits per heavy atom. The molecule has 0 radical (unpaired) electrons. The standard InChI is InChI=1S/C25H46O6.CH4/c1-17(11-10-12-18(2)26)22(30-21-13-8-9-15-28-21)19(3)23(27)24(4,5)20-14-16-29-25(6,7)31-20;/h17-22,26H,8-16H2,1-7H3;1H4/t17-,18?,19+,20-,21?,22?;/m0./s1. The maximum Gasteiger partial charge on any atom is 0.163 e. The molecule has 6 nitrogen and oxygen atoms in total. The van der Waals surface area contributed by atoms with Crippen LogP contribution in [-0.2, 0) is 23.7 Å². The first-order valence-electron chi connectivity index (χ1n) is 12.2. The number of carbonyl (C=O) groups excluding carboxylic acids is 1. The lowest BCUT2D eigenvalue weighted by Gasteiger charge is -2.44. The third kappa shape index (κ3) is 8.35. The highest BCUT2D eigenvalue weighted by Crippen LogP contribution is 2.38. The van der Waals surface area contributed by atoms with Crippen molar-refractivity contribution in [2.24, 2.45) is 17.3 Å². The molecule has 1 N–H and O–H groups in total. The van der Waals surface area contributed by atoms with Crippen LogP contribution in [0.5, 0.6) is 0 Å². The lowest BCUT2D eigenvalue weighted by molar-refractivity contribution is -0.289. The van der Waals surface area contributed by atoms with Crippen molar-refractivity contribution in [1.29, 1.82) is 0 Å². The van der Waals surface area contributed by atoms with Crippen LogP contribution in [0.15, 0.2) is 0 Å². The number of ether oxygens (including phenoxy) is 4. The minimum atomic E-state index is -0.677. The molecule has 3 unspecified atom stereocenters. The minimum Gasteiger partial charge on any atom is -0.393 e. The van der Waals surface area contributed by atoms with Crippen LogP contribution in [0.1, 0.15) is 101 Å². The number of hydrogen-bond acceptors (Lipinski definition) is 6. The van der Waals surface area contributed by atoms with Crippen molar-refractivity contribution < 1.29 is 28.8 Å². The molecule has 0 saturated carbocycles. The number of ketones is 1. The average Bonchev–Trinajstić information content (AvgIpc) is 2.70. The second-order valence-corrected chi connectivity index (χ2v) is 10.7. The van der Waals surface area contributed by atoms with E-state index in [-0.39, 0.29) is 49.6 Å². The van der Waals surface area contributed by atoms with Crippen LogP contribution >= 0.6 is 0 Å². The third-order valence-electron chi connectivity index (χ3n) is 6.89. The maximum absolute atomic E-state index is 13.8. The number of Topliss-reactive ketones (excluding diaryl/α,β-unsaturated/α-hetero) is 1. The lowest BCUT2D eigenvalue weighted by Crippen LogP contribution is -2.52. The quantitative estimate of drug-likeness (QED) is 0.441. The molecule has 0 aliphatic carbocycles. The minimum absolute atomic E-state index is 0. The lowest BCUT2D eigenvalue weighted by atomic mass is 9.72. The van der Waals surface area contributed by atoms with Gasteiger partial charge in [-0.1, -0.05) is 41.5 Å². The summed E-state index contributed by atoms with van der Waals surface area (Å²) in [6.45, 7) is 15.1. The van der Waals surface area contributed by atoms with Crippen LogP contribution in [0.2, 0.25) is 0 Å². The summed E-state index contributed by atoms with van der Waals surface area (Å²) in [6.07, 6.45) is 5.34. The molecule has 0 bridgehead atoms. The molecule has 0 amide bonds. The maximum atomic E-state index is 13.8. The van der Waals surface area contributed by atoms with Gasteiger partial charge in [0.1, 0.15) is 5.78 Å². The van der Waals surface area contributed by atoms with E-state index >= 15 is 0 Å². The summed E-state index contributed by atoms with van der Waals surface area (Å²) in [5, 5.41) is 9.63. The van der Waals surface area contributed by atoms with Crippen molar-refractivity contribution in [2.45, 2.75) is 131 Å². The van der Waals surface area contributed by atoms with Gasteiger partial charge in [-0.05, 0) is 65.2 Å². The summed E-state index contributed by atoms with van der Waals surface area (Å²) >= 11 is 0. The topological polar surface area (TPSA) is 74.2 Å². The Labute approximate surface area is 196 Å². The Hall–Kier alpha value is -0.530. The van der Waals surface area contributed by atoms with E-state index < -0.39 is 11.2 Å². The van der Waals surface area contributed by atoms with Gasteiger partial charge in [0, 0.05) is 12.5 Å². The second-order valence-electron chi connectivity index (χ2n) is 10.7. The summed E-state index contributed by atoms with van der Waals surface area (Å²) in [7, 11) is 0. The first-order chi connectivity index (χ1) is 14.4. The fraction of sp³-hybridized carbons (Fsp3) is 0.962. The largest absolute Gasteiger partial charge is 0.393 e. The van der Waals surface area contributed by atoms with E-state index in [9.17, 15) is 9.90 Å². The number of carbonyl (C=O) groups is 1. The zero-order valence-corrected chi connectivity index (χ0v) is 20.8. The molecule has 32 heavy (non-hydrogen) atoms. The first-order valence-corrected chi connectivity index (χ1v) is 12.2. The molecule has 6 heteroatoms. The van der Waals surface area contributed by atoms with E-state index in [0.717, 1.165) is 38.5 Å². The van der Waals surface area contributed by atoms with Gasteiger partial charge in [-0.15, -0.1) is 0 Å². The second kappa shape index (κ2) is 12.8. The molecule has 190 valence electrons. The number of hydrogen-bond donors (Lipinski definition) is 1.